The Labute approximate surface area is 94.2 Å². The Bertz CT molecular complexity index is 386. The molecule has 1 unspecified atom stereocenters. The van der Waals surface area contributed by atoms with E-state index in [9.17, 15) is 9.90 Å². The molecule has 0 aliphatic heterocycles. The minimum Gasteiger partial charge on any atom is -0.508 e. The Morgan fingerprint density at radius 1 is 1.50 bits per heavy atom. The van der Waals surface area contributed by atoms with Crippen LogP contribution in [0.2, 0.25) is 0 Å². The molecule has 0 heterocycles. The van der Waals surface area contributed by atoms with Gasteiger partial charge in [-0.25, -0.2) is 4.79 Å². The molecule has 4 heteroatoms. The van der Waals surface area contributed by atoms with E-state index in [1.807, 2.05) is 0 Å². The van der Waals surface area contributed by atoms with E-state index in [2.05, 4.69) is 11.9 Å². The largest absolute Gasteiger partial charge is 0.508 e. The fourth-order valence-corrected chi connectivity index (χ4v) is 1.37. The maximum atomic E-state index is 11.3. The number of nitrogens with one attached hydrogen (secondary N) is 1. The normalized spacial score (nSPS) is 14.1. The van der Waals surface area contributed by atoms with Gasteiger partial charge in [0.2, 0.25) is 0 Å². The average Bonchev–Trinajstić information content (AvgIpc) is 2.26. The Balaban J connectivity index is 3.05. The molecular weight excluding hydrogens is 206 g/mol. The van der Waals surface area contributed by atoms with Crippen LogP contribution in [0.25, 0.3) is 0 Å². The van der Waals surface area contributed by atoms with Gasteiger partial charge in [-0.2, -0.15) is 0 Å². The van der Waals surface area contributed by atoms with Crippen molar-refractivity contribution in [3.8, 4) is 5.75 Å². The van der Waals surface area contributed by atoms with Gasteiger partial charge in [0.15, 0.2) is 0 Å². The van der Waals surface area contributed by atoms with E-state index in [0.717, 1.165) is 0 Å². The predicted molar refractivity (Wildman–Crippen MR) is 61.3 cm³/mol. The topological polar surface area (TPSA) is 69.6 Å². The predicted octanol–water partition coefficient (Wildman–Crippen LogP) is 1.47. The molecular formula is C12H15NO3. The van der Waals surface area contributed by atoms with Crippen molar-refractivity contribution in [3.05, 3.63) is 42.5 Å². The van der Waals surface area contributed by atoms with Crippen LogP contribution >= 0.6 is 0 Å². The second-order valence-electron chi connectivity index (χ2n) is 3.65. The molecule has 86 valence electrons. The lowest BCUT2D eigenvalue weighted by Gasteiger charge is -2.26. The number of phenolic OH excluding ortho intramolecular Hbond substituents is 1. The third kappa shape index (κ3) is 2.41. The van der Waals surface area contributed by atoms with Gasteiger partial charge in [-0.1, -0.05) is 18.2 Å². The first-order valence-electron chi connectivity index (χ1n) is 4.89. The summed E-state index contributed by atoms with van der Waals surface area (Å²) in [5.74, 6) is -0.861. The van der Waals surface area contributed by atoms with Crippen molar-refractivity contribution in [2.45, 2.75) is 12.5 Å². The number of phenols is 1. The number of carboxylic acids is 1. The molecule has 16 heavy (non-hydrogen) atoms. The lowest BCUT2D eigenvalue weighted by atomic mass is 9.92. The Hall–Kier alpha value is -1.81. The third-order valence-corrected chi connectivity index (χ3v) is 2.47. The fraction of sp³-hybridized carbons (Fsp3) is 0.250. The van der Waals surface area contributed by atoms with E-state index in [0.29, 0.717) is 12.1 Å². The molecule has 0 aliphatic carbocycles. The van der Waals surface area contributed by atoms with Crippen LogP contribution in [0.15, 0.2) is 36.9 Å². The van der Waals surface area contributed by atoms with E-state index >= 15 is 0 Å². The first-order chi connectivity index (χ1) is 7.50. The molecule has 1 aromatic rings. The molecule has 1 rings (SSSR count). The molecule has 0 spiro atoms. The second-order valence-corrected chi connectivity index (χ2v) is 3.65. The number of hydrogen-bond acceptors (Lipinski definition) is 3. The van der Waals surface area contributed by atoms with Crippen molar-refractivity contribution >= 4 is 5.97 Å². The Morgan fingerprint density at radius 2 is 2.06 bits per heavy atom. The summed E-state index contributed by atoms with van der Waals surface area (Å²) in [5.41, 5.74) is -0.596. The minimum atomic E-state index is -1.18. The monoisotopic (exact) mass is 221 g/mol. The summed E-state index contributed by atoms with van der Waals surface area (Å²) in [4.78, 5) is 11.3. The van der Waals surface area contributed by atoms with Crippen LogP contribution in [-0.4, -0.2) is 22.7 Å². The third-order valence-electron chi connectivity index (χ3n) is 2.47. The number of benzene rings is 1. The van der Waals surface area contributed by atoms with Gasteiger partial charge in [-0.15, -0.1) is 6.58 Å². The summed E-state index contributed by atoms with van der Waals surface area (Å²) in [6, 6.07) is 6.09. The van der Waals surface area contributed by atoms with Crippen LogP contribution in [0.1, 0.15) is 12.5 Å². The van der Waals surface area contributed by atoms with Gasteiger partial charge in [0.25, 0.3) is 0 Å². The zero-order chi connectivity index (χ0) is 12.2. The van der Waals surface area contributed by atoms with Crippen LogP contribution in [0.3, 0.4) is 0 Å². The van der Waals surface area contributed by atoms with E-state index in [1.54, 1.807) is 25.1 Å². The molecule has 0 fully saturated rings. The SMILES string of the molecule is C=CCNC(C)(C(=O)O)c1ccc(O)cc1. The highest BCUT2D eigenvalue weighted by Crippen LogP contribution is 2.23. The zero-order valence-corrected chi connectivity index (χ0v) is 9.10. The van der Waals surface area contributed by atoms with Crippen molar-refractivity contribution < 1.29 is 15.0 Å². The molecule has 0 saturated heterocycles. The molecule has 0 radical (unpaired) electrons. The van der Waals surface area contributed by atoms with Crippen molar-refractivity contribution in [2.75, 3.05) is 6.54 Å². The van der Waals surface area contributed by atoms with Gasteiger partial charge in [-0.3, -0.25) is 5.32 Å². The van der Waals surface area contributed by atoms with E-state index in [4.69, 9.17) is 5.11 Å². The molecule has 4 nitrogen and oxygen atoms in total. The molecule has 3 N–H and O–H groups in total. The van der Waals surface area contributed by atoms with E-state index in [1.165, 1.54) is 12.1 Å². The number of carboxylic acid groups (broad SMARTS) is 1. The van der Waals surface area contributed by atoms with Crippen LogP contribution in [0.5, 0.6) is 5.75 Å². The smallest absolute Gasteiger partial charge is 0.328 e. The second kappa shape index (κ2) is 4.81. The summed E-state index contributed by atoms with van der Waals surface area (Å²) >= 11 is 0. The quantitative estimate of drug-likeness (QED) is 0.658. The molecule has 0 bridgehead atoms. The van der Waals surface area contributed by atoms with E-state index in [-0.39, 0.29) is 5.75 Å². The van der Waals surface area contributed by atoms with Gasteiger partial charge in [0.1, 0.15) is 11.3 Å². The molecule has 0 aliphatic rings. The molecule has 0 saturated carbocycles. The van der Waals surface area contributed by atoms with Crippen molar-refractivity contribution in [1.82, 2.24) is 5.32 Å². The highest BCUT2D eigenvalue weighted by molar-refractivity contribution is 5.80. The van der Waals surface area contributed by atoms with E-state index < -0.39 is 11.5 Å². The zero-order valence-electron chi connectivity index (χ0n) is 9.10. The maximum Gasteiger partial charge on any atom is 0.328 e. The molecule has 1 atom stereocenters. The highest BCUT2D eigenvalue weighted by Gasteiger charge is 2.34. The number of rotatable bonds is 5. The summed E-state index contributed by atoms with van der Waals surface area (Å²) in [7, 11) is 0. The minimum absolute atomic E-state index is 0.111. The Kier molecular flexibility index (Phi) is 3.68. The summed E-state index contributed by atoms with van der Waals surface area (Å²) in [6.07, 6.45) is 1.60. The number of carbonyl (C=O) groups is 1. The summed E-state index contributed by atoms with van der Waals surface area (Å²) < 4.78 is 0. The lowest BCUT2D eigenvalue weighted by molar-refractivity contribution is -0.144. The summed E-state index contributed by atoms with van der Waals surface area (Å²) in [6.45, 7) is 5.50. The van der Waals surface area contributed by atoms with Crippen LogP contribution in [0.4, 0.5) is 0 Å². The van der Waals surface area contributed by atoms with Crippen LogP contribution in [-0.2, 0) is 10.3 Å². The highest BCUT2D eigenvalue weighted by atomic mass is 16.4. The van der Waals surface area contributed by atoms with Gasteiger partial charge in [0, 0.05) is 6.54 Å². The fourth-order valence-electron chi connectivity index (χ4n) is 1.37. The van der Waals surface area contributed by atoms with Crippen LogP contribution in [0, 0.1) is 0 Å². The maximum absolute atomic E-state index is 11.3. The molecule has 0 aromatic heterocycles. The first-order valence-corrected chi connectivity index (χ1v) is 4.89. The number of aliphatic carboxylic acids is 1. The number of hydrogen-bond donors (Lipinski definition) is 3. The lowest BCUT2D eigenvalue weighted by Crippen LogP contribution is -2.46. The van der Waals surface area contributed by atoms with Crippen molar-refractivity contribution in [1.29, 1.82) is 0 Å². The van der Waals surface area contributed by atoms with Gasteiger partial charge < -0.3 is 10.2 Å². The molecule has 1 aromatic carbocycles. The van der Waals surface area contributed by atoms with Crippen molar-refractivity contribution in [2.24, 2.45) is 0 Å². The van der Waals surface area contributed by atoms with Gasteiger partial charge >= 0.3 is 5.97 Å². The van der Waals surface area contributed by atoms with Crippen LogP contribution < -0.4 is 5.32 Å². The first kappa shape index (κ1) is 12.3. The van der Waals surface area contributed by atoms with Gasteiger partial charge in [-0.05, 0) is 24.6 Å². The summed E-state index contributed by atoms with van der Waals surface area (Å²) in [5, 5.41) is 21.3. The van der Waals surface area contributed by atoms with Gasteiger partial charge in [0.05, 0.1) is 0 Å². The standard InChI is InChI=1S/C12H15NO3/c1-3-8-13-12(2,11(15)16)9-4-6-10(14)7-5-9/h3-7,13-14H,1,8H2,2H3,(H,15,16). The molecule has 0 amide bonds. The van der Waals surface area contributed by atoms with Crippen molar-refractivity contribution in [3.63, 3.8) is 0 Å². The Morgan fingerprint density at radius 3 is 2.50 bits per heavy atom. The number of aromatic hydroxyl groups is 1. The average molecular weight is 221 g/mol.